The van der Waals surface area contributed by atoms with Crippen molar-refractivity contribution in [2.24, 2.45) is 0 Å². The molecule has 0 fully saturated rings. The molecule has 1 atom stereocenters. The predicted octanol–water partition coefficient (Wildman–Crippen LogP) is 3.70. The second-order valence-corrected chi connectivity index (χ2v) is 7.05. The minimum Gasteiger partial charge on any atom is -0.356 e. The van der Waals surface area contributed by atoms with Crippen LogP contribution in [0.4, 0.5) is 4.39 Å². The van der Waals surface area contributed by atoms with E-state index in [0.29, 0.717) is 18.5 Å². The molecule has 1 amide bonds. The molecular formula is C22H22FN5O. The SMILES string of the molecule is Cc1[nH]c2c(F)cccc2c1CC(=O)N[C@H](CCn1cncn1)c1ccccc1. The number of carbonyl (C=O) groups excluding carboxylic acids is 1. The van der Waals surface area contributed by atoms with Crippen LogP contribution in [0.2, 0.25) is 0 Å². The molecule has 2 aromatic heterocycles. The molecule has 2 heterocycles. The van der Waals surface area contributed by atoms with Crippen molar-refractivity contribution in [3.63, 3.8) is 0 Å². The number of carbonyl (C=O) groups is 1. The number of H-pyrrole nitrogens is 1. The zero-order chi connectivity index (χ0) is 20.2. The third-order valence-electron chi connectivity index (χ3n) is 5.09. The van der Waals surface area contributed by atoms with Crippen molar-refractivity contribution in [2.45, 2.75) is 32.4 Å². The number of amides is 1. The van der Waals surface area contributed by atoms with Crippen molar-refractivity contribution in [3.05, 3.63) is 83.8 Å². The molecule has 29 heavy (non-hydrogen) atoms. The van der Waals surface area contributed by atoms with E-state index in [1.165, 1.54) is 12.4 Å². The average Bonchev–Trinajstić information content (AvgIpc) is 3.35. The smallest absolute Gasteiger partial charge is 0.224 e. The second kappa shape index (κ2) is 8.26. The fourth-order valence-corrected chi connectivity index (χ4v) is 3.62. The molecule has 0 aliphatic heterocycles. The minimum atomic E-state index is -0.313. The van der Waals surface area contributed by atoms with E-state index in [4.69, 9.17) is 0 Å². The molecule has 0 saturated heterocycles. The molecule has 2 aromatic carbocycles. The molecule has 0 unspecified atom stereocenters. The number of halogens is 1. The Balaban J connectivity index is 1.52. The van der Waals surface area contributed by atoms with Crippen molar-refractivity contribution >= 4 is 16.8 Å². The van der Waals surface area contributed by atoms with E-state index in [-0.39, 0.29) is 24.2 Å². The zero-order valence-corrected chi connectivity index (χ0v) is 16.1. The lowest BCUT2D eigenvalue weighted by Gasteiger charge is -2.19. The van der Waals surface area contributed by atoms with Gasteiger partial charge < -0.3 is 10.3 Å². The number of nitrogens with one attached hydrogen (secondary N) is 2. The first-order valence-corrected chi connectivity index (χ1v) is 9.54. The number of rotatable bonds is 7. The van der Waals surface area contributed by atoms with Crippen LogP contribution in [0, 0.1) is 12.7 Å². The number of para-hydroxylation sites is 1. The summed E-state index contributed by atoms with van der Waals surface area (Å²) >= 11 is 0. The zero-order valence-electron chi connectivity index (χ0n) is 16.1. The topological polar surface area (TPSA) is 75.6 Å². The van der Waals surface area contributed by atoms with E-state index in [0.717, 1.165) is 22.2 Å². The minimum absolute atomic E-state index is 0.106. The maximum atomic E-state index is 14.0. The van der Waals surface area contributed by atoms with E-state index in [9.17, 15) is 9.18 Å². The number of aryl methyl sites for hydroxylation is 2. The van der Waals surface area contributed by atoms with Gasteiger partial charge in [-0.15, -0.1) is 0 Å². The normalized spacial score (nSPS) is 12.2. The van der Waals surface area contributed by atoms with Gasteiger partial charge >= 0.3 is 0 Å². The van der Waals surface area contributed by atoms with E-state index >= 15 is 0 Å². The second-order valence-electron chi connectivity index (χ2n) is 7.05. The van der Waals surface area contributed by atoms with Gasteiger partial charge in [0.1, 0.15) is 18.5 Å². The summed E-state index contributed by atoms with van der Waals surface area (Å²) in [5, 5.41) is 8.01. The van der Waals surface area contributed by atoms with Crippen molar-refractivity contribution < 1.29 is 9.18 Å². The number of aromatic amines is 1. The van der Waals surface area contributed by atoms with Crippen LogP contribution in [0.1, 0.15) is 29.3 Å². The number of hydrogen-bond donors (Lipinski definition) is 2. The summed E-state index contributed by atoms with van der Waals surface area (Å²) in [6.07, 6.45) is 4.02. The Morgan fingerprint density at radius 2 is 2.03 bits per heavy atom. The first-order valence-electron chi connectivity index (χ1n) is 9.54. The number of benzene rings is 2. The third kappa shape index (κ3) is 4.18. The third-order valence-corrected chi connectivity index (χ3v) is 5.09. The van der Waals surface area contributed by atoms with Gasteiger partial charge in [-0.3, -0.25) is 9.48 Å². The highest BCUT2D eigenvalue weighted by Crippen LogP contribution is 2.25. The number of nitrogens with zero attached hydrogens (tertiary/aromatic N) is 3. The van der Waals surface area contributed by atoms with E-state index < -0.39 is 0 Å². The monoisotopic (exact) mass is 391 g/mol. The first-order chi connectivity index (χ1) is 14.1. The highest BCUT2D eigenvalue weighted by atomic mass is 19.1. The van der Waals surface area contributed by atoms with Crippen LogP contribution in [-0.4, -0.2) is 25.7 Å². The van der Waals surface area contributed by atoms with Gasteiger partial charge in [0.15, 0.2) is 0 Å². The highest BCUT2D eigenvalue weighted by molar-refractivity contribution is 5.90. The summed E-state index contributed by atoms with van der Waals surface area (Å²) in [5.41, 5.74) is 3.10. The summed E-state index contributed by atoms with van der Waals surface area (Å²) in [6, 6.07) is 14.6. The van der Waals surface area contributed by atoms with E-state index in [2.05, 4.69) is 20.4 Å². The molecule has 6 nitrogen and oxygen atoms in total. The fraction of sp³-hybridized carbons (Fsp3) is 0.227. The van der Waals surface area contributed by atoms with Gasteiger partial charge in [0.05, 0.1) is 18.0 Å². The molecule has 2 N–H and O–H groups in total. The Hall–Kier alpha value is -3.48. The molecule has 148 valence electrons. The van der Waals surface area contributed by atoms with Gasteiger partial charge in [-0.05, 0) is 30.5 Å². The lowest BCUT2D eigenvalue weighted by molar-refractivity contribution is -0.121. The standard InChI is InChI=1S/C22H22FN5O/c1-15-18(17-8-5-9-19(23)22(17)26-15)12-21(29)27-20(16-6-3-2-4-7-16)10-11-28-14-24-13-25-28/h2-9,13-14,20,26H,10-12H2,1H3,(H,27,29)/t20-/m1/s1. The number of fused-ring (bicyclic) bond motifs is 1. The molecule has 0 aliphatic carbocycles. The molecule has 7 heteroatoms. The van der Waals surface area contributed by atoms with Gasteiger partial charge in [0.25, 0.3) is 0 Å². The van der Waals surface area contributed by atoms with Gasteiger partial charge in [0, 0.05) is 17.6 Å². The maximum Gasteiger partial charge on any atom is 0.224 e. The maximum absolute atomic E-state index is 14.0. The van der Waals surface area contributed by atoms with E-state index in [1.54, 1.807) is 17.1 Å². The van der Waals surface area contributed by atoms with E-state index in [1.807, 2.05) is 43.3 Å². The van der Waals surface area contributed by atoms with Crippen LogP contribution in [0.15, 0.2) is 61.2 Å². The summed E-state index contributed by atoms with van der Waals surface area (Å²) in [5.74, 6) is -0.419. The fourth-order valence-electron chi connectivity index (χ4n) is 3.62. The molecule has 0 spiro atoms. The van der Waals surface area contributed by atoms with Crippen LogP contribution < -0.4 is 5.32 Å². The van der Waals surface area contributed by atoms with Crippen LogP contribution in [-0.2, 0) is 17.8 Å². The Bertz CT molecular complexity index is 1110. The van der Waals surface area contributed by atoms with Gasteiger partial charge in [-0.1, -0.05) is 42.5 Å². The van der Waals surface area contributed by atoms with Crippen molar-refractivity contribution in [2.75, 3.05) is 0 Å². The lowest BCUT2D eigenvalue weighted by atomic mass is 10.0. The molecule has 0 bridgehead atoms. The molecule has 4 aromatic rings. The molecule has 0 saturated carbocycles. The van der Waals surface area contributed by atoms with Crippen molar-refractivity contribution in [3.8, 4) is 0 Å². The Kier molecular flexibility index (Phi) is 5.37. The Morgan fingerprint density at radius 3 is 2.79 bits per heavy atom. The molecule has 0 radical (unpaired) electrons. The summed E-state index contributed by atoms with van der Waals surface area (Å²) in [6.45, 7) is 2.50. The summed E-state index contributed by atoms with van der Waals surface area (Å²) in [4.78, 5) is 19.9. The van der Waals surface area contributed by atoms with Crippen LogP contribution in [0.25, 0.3) is 10.9 Å². The van der Waals surface area contributed by atoms with Crippen LogP contribution in [0.5, 0.6) is 0 Å². The Labute approximate surface area is 167 Å². The van der Waals surface area contributed by atoms with Crippen LogP contribution in [0.3, 0.4) is 0 Å². The largest absolute Gasteiger partial charge is 0.356 e. The lowest BCUT2D eigenvalue weighted by Crippen LogP contribution is -2.30. The van der Waals surface area contributed by atoms with Gasteiger partial charge in [-0.25, -0.2) is 9.37 Å². The molecule has 0 aliphatic rings. The predicted molar refractivity (Wildman–Crippen MR) is 109 cm³/mol. The van der Waals surface area contributed by atoms with Gasteiger partial charge in [-0.2, -0.15) is 5.10 Å². The average molecular weight is 391 g/mol. The number of aromatic nitrogens is 4. The molecule has 4 rings (SSSR count). The van der Waals surface area contributed by atoms with Crippen LogP contribution >= 0.6 is 0 Å². The quantitative estimate of drug-likeness (QED) is 0.504. The van der Waals surface area contributed by atoms with Gasteiger partial charge in [0.2, 0.25) is 5.91 Å². The van der Waals surface area contributed by atoms with Crippen molar-refractivity contribution in [1.82, 2.24) is 25.1 Å². The summed E-state index contributed by atoms with van der Waals surface area (Å²) < 4.78 is 15.8. The molecular weight excluding hydrogens is 369 g/mol. The highest BCUT2D eigenvalue weighted by Gasteiger charge is 2.18. The Morgan fingerprint density at radius 1 is 1.21 bits per heavy atom. The summed E-state index contributed by atoms with van der Waals surface area (Å²) in [7, 11) is 0. The number of hydrogen-bond acceptors (Lipinski definition) is 3. The first kappa shape index (κ1) is 18.9. The van der Waals surface area contributed by atoms with Crippen molar-refractivity contribution in [1.29, 1.82) is 0 Å².